The first kappa shape index (κ1) is 13.1. The van der Waals surface area contributed by atoms with E-state index in [1.807, 2.05) is 13.0 Å². The summed E-state index contributed by atoms with van der Waals surface area (Å²) in [6.07, 6.45) is 3.86. The Bertz CT molecular complexity index is 456. The van der Waals surface area contributed by atoms with Gasteiger partial charge in [0, 0.05) is 18.6 Å². The van der Waals surface area contributed by atoms with E-state index in [0.29, 0.717) is 12.0 Å². The highest BCUT2D eigenvalue weighted by molar-refractivity contribution is 5.27. The van der Waals surface area contributed by atoms with E-state index in [9.17, 15) is 4.39 Å². The van der Waals surface area contributed by atoms with Crippen molar-refractivity contribution >= 4 is 0 Å². The molecule has 2 aliphatic rings. The molecule has 104 valence electrons. The lowest BCUT2D eigenvalue weighted by Gasteiger charge is -2.26. The number of aryl methyl sites for hydroxylation is 1. The molecule has 0 amide bonds. The van der Waals surface area contributed by atoms with Gasteiger partial charge in [0.1, 0.15) is 5.82 Å². The molecular weight excluding hydrogens is 239 g/mol. The van der Waals surface area contributed by atoms with Gasteiger partial charge in [0.05, 0.1) is 0 Å². The Balaban J connectivity index is 1.75. The van der Waals surface area contributed by atoms with E-state index in [-0.39, 0.29) is 5.82 Å². The Hall–Kier alpha value is -0.930. The van der Waals surface area contributed by atoms with Crippen LogP contribution in [0.4, 0.5) is 4.39 Å². The van der Waals surface area contributed by atoms with Gasteiger partial charge in [0.2, 0.25) is 0 Å². The highest BCUT2D eigenvalue weighted by atomic mass is 19.1. The SMILES string of the molecule is Cc1ccc(C2C(CNC3CC3)CCN2C)cc1F. The van der Waals surface area contributed by atoms with Crippen LogP contribution >= 0.6 is 0 Å². The summed E-state index contributed by atoms with van der Waals surface area (Å²) in [5.41, 5.74) is 1.86. The van der Waals surface area contributed by atoms with Crippen molar-refractivity contribution in [2.45, 2.75) is 38.3 Å². The fourth-order valence-corrected chi connectivity index (χ4v) is 3.17. The zero-order valence-electron chi connectivity index (χ0n) is 11.8. The summed E-state index contributed by atoms with van der Waals surface area (Å²) >= 11 is 0. The van der Waals surface area contributed by atoms with Crippen LogP contribution in [0.2, 0.25) is 0 Å². The van der Waals surface area contributed by atoms with Crippen LogP contribution in [0.15, 0.2) is 18.2 Å². The van der Waals surface area contributed by atoms with E-state index >= 15 is 0 Å². The molecule has 3 heteroatoms. The van der Waals surface area contributed by atoms with Gasteiger partial charge < -0.3 is 5.32 Å². The molecule has 2 fully saturated rings. The van der Waals surface area contributed by atoms with Crippen LogP contribution in [-0.4, -0.2) is 31.1 Å². The average Bonchev–Trinajstić information content (AvgIpc) is 3.14. The normalized spacial score (nSPS) is 27.9. The monoisotopic (exact) mass is 262 g/mol. The first-order valence-electron chi connectivity index (χ1n) is 7.35. The summed E-state index contributed by atoms with van der Waals surface area (Å²) in [7, 11) is 2.15. The van der Waals surface area contributed by atoms with Gasteiger partial charge in [-0.05, 0) is 62.9 Å². The van der Waals surface area contributed by atoms with Crippen molar-refractivity contribution in [1.82, 2.24) is 10.2 Å². The van der Waals surface area contributed by atoms with Gasteiger partial charge >= 0.3 is 0 Å². The van der Waals surface area contributed by atoms with Gasteiger partial charge in [-0.1, -0.05) is 12.1 Å². The van der Waals surface area contributed by atoms with Gasteiger partial charge in [-0.15, -0.1) is 0 Å². The number of hydrogen-bond acceptors (Lipinski definition) is 2. The molecule has 0 aromatic heterocycles. The molecule has 0 bridgehead atoms. The molecule has 3 rings (SSSR count). The lowest BCUT2D eigenvalue weighted by Crippen LogP contribution is -2.29. The van der Waals surface area contributed by atoms with Crippen LogP contribution in [0.25, 0.3) is 0 Å². The molecule has 1 aliphatic carbocycles. The minimum Gasteiger partial charge on any atom is -0.314 e. The second kappa shape index (κ2) is 5.22. The molecule has 1 saturated carbocycles. The van der Waals surface area contributed by atoms with Gasteiger partial charge in [-0.25, -0.2) is 4.39 Å². The molecule has 1 saturated heterocycles. The minimum atomic E-state index is -0.0771. The largest absolute Gasteiger partial charge is 0.314 e. The molecule has 0 radical (unpaired) electrons. The molecule has 1 aromatic rings. The van der Waals surface area contributed by atoms with Crippen molar-refractivity contribution in [3.05, 3.63) is 35.1 Å². The van der Waals surface area contributed by atoms with Crippen LogP contribution in [0, 0.1) is 18.7 Å². The Morgan fingerprint density at radius 2 is 2.11 bits per heavy atom. The standard InChI is InChI=1S/C16H23FN2/c1-11-3-4-12(9-15(11)17)16-13(7-8-19(16)2)10-18-14-5-6-14/h3-4,9,13-14,16,18H,5-8,10H2,1-2H3. The number of rotatable bonds is 4. The maximum atomic E-state index is 13.8. The molecule has 2 atom stereocenters. The number of nitrogens with zero attached hydrogens (tertiary/aromatic N) is 1. The summed E-state index contributed by atoms with van der Waals surface area (Å²) in [6, 6.07) is 6.84. The molecule has 0 spiro atoms. The van der Waals surface area contributed by atoms with Gasteiger partial charge in [-0.2, -0.15) is 0 Å². The van der Waals surface area contributed by atoms with Crippen molar-refractivity contribution in [1.29, 1.82) is 0 Å². The summed E-state index contributed by atoms with van der Waals surface area (Å²) in [4.78, 5) is 2.36. The summed E-state index contributed by atoms with van der Waals surface area (Å²) in [5, 5.41) is 3.62. The molecule has 1 heterocycles. The second-order valence-corrected chi connectivity index (χ2v) is 6.17. The Morgan fingerprint density at radius 1 is 1.32 bits per heavy atom. The summed E-state index contributed by atoms with van der Waals surface area (Å²) < 4.78 is 13.8. The highest BCUT2D eigenvalue weighted by Crippen LogP contribution is 2.36. The smallest absolute Gasteiger partial charge is 0.126 e. The number of likely N-dealkylation sites (tertiary alicyclic amines) is 1. The molecule has 2 nitrogen and oxygen atoms in total. The van der Waals surface area contributed by atoms with Crippen LogP contribution in [0.1, 0.15) is 36.4 Å². The van der Waals surface area contributed by atoms with E-state index in [1.165, 1.54) is 19.3 Å². The topological polar surface area (TPSA) is 15.3 Å². The maximum Gasteiger partial charge on any atom is 0.126 e. The number of hydrogen-bond donors (Lipinski definition) is 1. The van der Waals surface area contributed by atoms with E-state index in [0.717, 1.165) is 30.3 Å². The Morgan fingerprint density at radius 3 is 2.79 bits per heavy atom. The molecule has 1 N–H and O–H groups in total. The lowest BCUT2D eigenvalue weighted by molar-refractivity contribution is 0.271. The van der Waals surface area contributed by atoms with Crippen LogP contribution in [0.3, 0.4) is 0 Å². The van der Waals surface area contributed by atoms with Crippen molar-refractivity contribution in [3.8, 4) is 0 Å². The van der Waals surface area contributed by atoms with E-state index in [4.69, 9.17) is 0 Å². The van der Waals surface area contributed by atoms with Crippen molar-refractivity contribution in [2.75, 3.05) is 20.1 Å². The molecule has 19 heavy (non-hydrogen) atoms. The van der Waals surface area contributed by atoms with Crippen LogP contribution in [0.5, 0.6) is 0 Å². The van der Waals surface area contributed by atoms with Gasteiger partial charge in [0.25, 0.3) is 0 Å². The fourth-order valence-electron chi connectivity index (χ4n) is 3.17. The first-order valence-corrected chi connectivity index (χ1v) is 7.35. The van der Waals surface area contributed by atoms with Crippen molar-refractivity contribution < 1.29 is 4.39 Å². The third kappa shape index (κ3) is 2.82. The quantitative estimate of drug-likeness (QED) is 0.897. The van der Waals surface area contributed by atoms with E-state index in [2.05, 4.69) is 23.3 Å². The number of nitrogens with one attached hydrogen (secondary N) is 1. The minimum absolute atomic E-state index is 0.0771. The third-order valence-electron chi connectivity index (χ3n) is 4.56. The second-order valence-electron chi connectivity index (χ2n) is 6.17. The van der Waals surface area contributed by atoms with Crippen molar-refractivity contribution in [2.24, 2.45) is 5.92 Å². The maximum absolute atomic E-state index is 13.8. The molecule has 1 aliphatic heterocycles. The number of benzene rings is 1. The van der Waals surface area contributed by atoms with Gasteiger partial charge in [0.15, 0.2) is 0 Å². The predicted molar refractivity (Wildman–Crippen MR) is 75.6 cm³/mol. The Labute approximate surface area is 115 Å². The zero-order chi connectivity index (χ0) is 13.4. The fraction of sp³-hybridized carbons (Fsp3) is 0.625. The van der Waals surface area contributed by atoms with Crippen molar-refractivity contribution in [3.63, 3.8) is 0 Å². The molecular formula is C16H23FN2. The van der Waals surface area contributed by atoms with Gasteiger partial charge in [-0.3, -0.25) is 4.90 Å². The predicted octanol–water partition coefficient (Wildman–Crippen LogP) is 2.88. The number of halogens is 1. The molecule has 1 aromatic carbocycles. The summed E-state index contributed by atoms with van der Waals surface area (Å²) in [5.74, 6) is 0.527. The van der Waals surface area contributed by atoms with E-state index in [1.54, 1.807) is 6.07 Å². The van der Waals surface area contributed by atoms with Crippen LogP contribution < -0.4 is 5.32 Å². The first-order chi connectivity index (χ1) is 9.15. The summed E-state index contributed by atoms with van der Waals surface area (Å²) in [6.45, 7) is 4.00. The van der Waals surface area contributed by atoms with Crippen LogP contribution in [-0.2, 0) is 0 Å². The van der Waals surface area contributed by atoms with E-state index < -0.39 is 0 Å². The third-order valence-corrected chi connectivity index (χ3v) is 4.56. The molecule has 2 unspecified atom stereocenters. The highest BCUT2D eigenvalue weighted by Gasteiger charge is 2.34. The zero-order valence-corrected chi connectivity index (χ0v) is 11.8. The lowest BCUT2D eigenvalue weighted by atomic mass is 9.93. The average molecular weight is 262 g/mol. The Kier molecular flexibility index (Phi) is 3.59.